The lowest BCUT2D eigenvalue weighted by Crippen LogP contribution is -2.16. The molecule has 0 radical (unpaired) electrons. The van der Waals surface area contributed by atoms with Crippen molar-refractivity contribution in [3.05, 3.63) is 125 Å². The number of para-hydroxylation sites is 1. The Balaban J connectivity index is 1.67. The molecule has 1 N–H and O–H groups in total. The maximum atomic E-state index is 14.4. The molecule has 0 saturated carbocycles. The predicted molar refractivity (Wildman–Crippen MR) is 132 cm³/mol. The Morgan fingerprint density at radius 3 is 2.34 bits per heavy atom. The van der Waals surface area contributed by atoms with Crippen molar-refractivity contribution >= 4 is 23.6 Å². The molecule has 174 valence electrons. The van der Waals surface area contributed by atoms with Gasteiger partial charge in [0.15, 0.2) is 0 Å². The van der Waals surface area contributed by atoms with Crippen molar-refractivity contribution in [2.45, 2.75) is 6.92 Å². The van der Waals surface area contributed by atoms with E-state index in [4.69, 9.17) is 4.74 Å². The first-order valence-corrected chi connectivity index (χ1v) is 10.8. The van der Waals surface area contributed by atoms with Gasteiger partial charge in [0.1, 0.15) is 17.4 Å². The average molecular weight is 469 g/mol. The fourth-order valence-electron chi connectivity index (χ4n) is 3.46. The van der Waals surface area contributed by atoms with Crippen LogP contribution in [0.3, 0.4) is 0 Å². The highest BCUT2D eigenvalue weighted by atomic mass is 19.1. The van der Waals surface area contributed by atoms with Crippen LogP contribution in [-0.2, 0) is 4.79 Å². The van der Waals surface area contributed by atoms with Gasteiger partial charge in [-0.25, -0.2) is 13.6 Å². The number of anilines is 1. The van der Waals surface area contributed by atoms with E-state index < -0.39 is 23.5 Å². The lowest BCUT2D eigenvalue weighted by molar-refractivity contribution is -0.128. The second-order valence-corrected chi connectivity index (χ2v) is 7.77. The molecule has 0 heterocycles. The van der Waals surface area contributed by atoms with Crippen molar-refractivity contribution in [2.24, 2.45) is 0 Å². The normalized spacial score (nSPS) is 10.8. The van der Waals surface area contributed by atoms with E-state index in [0.717, 1.165) is 23.3 Å². The van der Waals surface area contributed by atoms with Crippen LogP contribution in [0, 0.1) is 18.6 Å². The second kappa shape index (κ2) is 10.6. The summed E-state index contributed by atoms with van der Waals surface area (Å²) in [5.41, 5.74) is 2.69. The number of nitrogens with one attached hydrogen (secondary N) is 1. The maximum Gasteiger partial charge on any atom is 0.336 e. The molecule has 4 aromatic rings. The number of hydrogen-bond acceptors (Lipinski definition) is 3. The van der Waals surface area contributed by atoms with Crippen LogP contribution in [-0.4, -0.2) is 11.9 Å². The summed E-state index contributed by atoms with van der Waals surface area (Å²) in [6, 6.07) is 23.9. The highest BCUT2D eigenvalue weighted by Crippen LogP contribution is 2.30. The number of amides is 1. The molecule has 0 fully saturated rings. The summed E-state index contributed by atoms with van der Waals surface area (Å²) in [6.07, 6.45) is 2.85. The summed E-state index contributed by atoms with van der Waals surface area (Å²) >= 11 is 0. The minimum Gasteiger partial charge on any atom is -0.423 e. The maximum absolute atomic E-state index is 14.4. The number of esters is 1. The minimum absolute atomic E-state index is 0.00469. The average Bonchev–Trinajstić information content (AvgIpc) is 2.85. The van der Waals surface area contributed by atoms with Crippen molar-refractivity contribution < 1.29 is 23.1 Å². The van der Waals surface area contributed by atoms with E-state index in [9.17, 15) is 18.4 Å². The van der Waals surface area contributed by atoms with Crippen molar-refractivity contribution in [2.75, 3.05) is 5.32 Å². The molecule has 1 amide bonds. The number of rotatable bonds is 6. The van der Waals surface area contributed by atoms with Crippen LogP contribution in [0.15, 0.2) is 97.1 Å². The van der Waals surface area contributed by atoms with Gasteiger partial charge in [0.2, 0.25) is 0 Å². The standard InChI is InChI=1S/C29H21F2NO3/c1-19-7-5-6-10-26(19)32-29(34)24-17-21(23-14-13-22(30)18-25(23)31)12-15-27(24)35-28(33)16-11-20-8-3-2-4-9-20/h2-18H,1H3,(H,32,34)/b16-11+. The fraction of sp³-hybridized carbons (Fsp3) is 0.0345. The van der Waals surface area contributed by atoms with Crippen LogP contribution in [0.5, 0.6) is 5.75 Å². The van der Waals surface area contributed by atoms with E-state index in [1.54, 1.807) is 18.2 Å². The topological polar surface area (TPSA) is 55.4 Å². The summed E-state index contributed by atoms with van der Waals surface area (Å²) < 4.78 is 33.2. The Labute approximate surface area is 201 Å². The Hall–Kier alpha value is -4.58. The van der Waals surface area contributed by atoms with E-state index in [1.807, 2.05) is 49.4 Å². The first kappa shape index (κ1) is 23.6. The molecule has 0 bridgehead atoms. The molecule has 0 aliphatic rings. The largest absolute Gasteiger partial charge is 0.423 e. The van der Waals surface area contributed by atoms with Crippen LogP contribution < -0.4 is 10.1 Å². The molecule has 0 aromatic heterocycles. The molecule has 4 nitrogen and oxygen atoms in total. The van der Waals surface area contributed by atoms with Gasteiger partial charge >= 0.3 is 5.97 Å². The Bertz CT molecular complexity index is 1410. The number of carbonyl (C=O) groups excluding carboxylic acids is 2. The SMILES string of the molecule is Cc1ccccc1NC(=O)c1cc(-c2ccc(F)cc2F)ccc1OC(=O)/C=C/c1ccccc1. The number of benzene rings is 4. The summed E-state index contributed by atoms with van der Waals surface area (Å²) in [5.74, 6) is -2.70. The third-order valence-electron chi connectivity index (χ3n) is 5.28. The number of halogens is 2. The minimum atomic E-state index is -0.772. The van der Waals surface area contributed by atoms with Gasteiger partial charge in [-0.05, 0) is 60.0 Å². The van der Waals surface area contributed by atoms with Crippen LogP contribution in [0.25, 0.3) is 17.2 Å². The first-order chi connectivity index (χ1) is 16.9. The van der Waals surface area contributed by atoms with Crippen LogP contribution in [0.1, 0.15) is 21.5 Å². The zero-order valence-electron chi connectivity index (χ0n) is 18.8. The van der Waals surface area contributed by atoms with Gasteiger partial charge in [-0.15, -0.1) is 0 Å². The van der Waals surface area contributed by atoms with Crippen LogP contribution in [0.2, 0.25) is 0 Å². The molecule has 0 atom stereocenters. The first-order valence-electron chi connectivity index (χ1n) is 10.8. The van der Waals surface area contributed by atoms with E-state index in [2.05, 4.69) is 5.32 Å². The lowest BCUT2D eigenvalue weighted by atomic mass is 10.0. The molecule has 4 rings (SSSR count). The number of ether oxygens (including phenoxy) is 1. The van der Waals surface area contributed by atoms with Crippen LogP contribution >= 0.6 is 0 Å². The van der Waals surface area contributed by atoms with Gasteiger partial charge in [-0.1, -0.05) is 54.6 Å². The fourth-order valence-corrected chi connectivity index (χ4v) is 3.46. The highest BCUT2D eigenvalue weighted by molar-refractivity contribution is 6.08. The zero-order valence-corrected chi connectivity index (χ0v) is 18.8. The third kappa shape index (κ3) is 5.86. The molecule has 6 heteroatoms. The summed E-state index contributed by atoms with van der Waals surface area (Å²) in [6.45, 7) is 1.84. The van der Waals surface area contributed by atoms with Crippen molar-refractivity contribution in [3.8, 4) is 16.9 Å². The summed E-state index contributed by atoms with van der Waals surface area (Å²) in [4.78, 5) is 25.7. The molecule has 0 unspecified atom stereocenters. The Morgan fingerprint density at radius 1 is 0.857 bits per heavy atom. The van der Waals surface area contributed by atoms with Gasteiger partial charge in [-0.3, -0.25) is 4.79 Å². The molecule has 4 aromatic carbocycles. The van der Waals surface area contributed by atoms with Gasteiger partial charge in [-0.2, -0.15) is 0 Å². The molecule has 0 saturated heterocycles. The summed E-state index contributed by atoms with van der Waals surface area (Å²) in [7, 11) is 0. The Kier molecular flexibility index (Phi) is 7.12. The predicted octanol–water partition coefficient (Wildman–Crippen LogP) is 6.81. The van der Waals surface area contributed by atoms with Crippen molar-refractivity contribution in [3.63, 3.8) is 0 Å². The molecule has 35 heavy (non-hydrogen) atoms. The monoisotopic (exact) mass is 469 g/mol. The van der Waals surface area contributed by atoms with Crippen LogP contribution in [0.4, 0.5) is 14.5 Å². The number of hydrogen-bond donors (Lipinski definition) is 1. The van der Waals surface area contributed by atoms with Crippen molar-refractivity contribution in [1.29, 1.82) is 0 Å². The molecular weight excluding hydrogens is 448 g/mol. The number of aryl methyl sites for hydroxylation is 1. The van der Waals surface area contributed by atoms with E-state index in [-0.39, 0.29) is 16.9 Å². The molecule has 0 aliphatic carbocycles. The van der Waals surface area contributed by atoms with E-state index >= 15 is 0 Å². The van der Waals surface area contributed by atoms with Gasteiger partial charge in [0.05, 0.1) is 5.56 Å². The second-order valence-electron chi connectivity index (χ2n) is 7.77. The highest BCUT2D eigenvalue weighted by Gasteiger charge is 2.18. The quantitative estimate of drug-likeness (QED) is 0.192. The van der Waals surface area contributed by atoms with Gasteiger partial charge < -0.3 is 10.1 Å². The molecular formula is C29H21F2NO3. The molecule has 0 aliphatic heterocycles. The molecule has 0 spiro atoms. The summed E-state index contributed by atoms with van der Waals surface area (Å²) in [5, 5.41) is 2.80. The van der Waals surface area contributed by atoms with Crippen molar-refractivity contribution in [1.82, 2.24) is 0 Å². The third-order valence-corrected chi connectivity index (χ3v) is 5.28. The van der Waals surface area contributed by atoms with Gasteiger partial charge in [0.25, 0.3) is 5.91 Å². The zero-order chi connectivity index (χ0) is 24.8. The Morgan fingerprint density at radius 2 is 1.60 bits per heavy atom. The lowest BCUT2D eigenvalue weighted by Gasteiger charge is -2.13. The smallest absolute Gasteiger partial charge is 0.336 e. The van der Waals surface area contributed by atoms with E-state index in [0.29, 0.717) is 11.3 Å². The van der Waals surface area contributed by atoms with E-state index in [1.165, 1.54) is 30.3 Å². The number of carbonyl (C=O) groups is 2. The van der Waals surface area contributed by atoms with Gasteiger partial charge in [0, 0.05) is 23.4 Å².